The number of carbonyl (C=O) groups excluding carboxylic acids is 2. The van der Waals surface area contributed by atoms with Crippen molar-refractivity contribution in [1.82, 2.24) is 10.4 Å². The average molecular weight is 483 g/mol. The molecule has 0 radical (unpaired) electrons. The fourth-order valence-corrected chi connectivity index (χ4v) is 3.44. The van der Waals surface area contributed by atoms with Crippen LogP contribution in [0.3, 0.4) is 0 Å². The van der Waals surface area contributed by atoms with Gasteiger partial charge in [0, 0.05) is 4.47 Å². The van der Waals surface area contributed by atoms with Gasteiger partial charge in [-0.05, 0) is 37.0 Å². The summed E-state index contributed by atoms with van der Waals surface area (Å²) in [7, 11) is 0. The first-order valence-corrected chi connectivity index (χ1v) is 9.92. The number of Topliss-reactive ketones (excluding diaryl/α,β-unsaturated/α-hetero) is 1. The van der Waals surface area contributed by atoms with E-state index < -0.39 is 47.2 Å². The summed E-state index contributed by atoms with van der Waals surface area (Å²) >= 11 is 3.13. The summed E-state index contributed by atoms with van der Waals surface area (Å²) in [5.74, 6) is -1.65. The molecule has 1 fully saturated rings. The van der Waals surface area contributed by atoms with Gasteiger partial charge in [-0.25, -0.2) is 0 Å². The van der Waals surface area contributed by atoms with E-state index >= 15 is 4.48 Å². The van der Waals surface area contributed by atoms with Gasteiger partial charge in [-0.2, -0.15) is 13.2 Å². The van der Waals surface area contributed by atoms with Crippen LogP contribution in [-0.2, 0) is 14.3 Å². The Morgan fingerprint density at radius 1 is 1.31 bits per heavy atom. The van der Waals surface area contributed by atoms with Crippen molar-refractivity contribution in [3.63, 3.8) is 0 Å². The Kier molecular flexibility index (Phi) is 7.80. The van der Waals surface area contributed by atoms with Crippen LogP contribution in [0.5, 0.6) is 0 Å². The number of hydrogen-bond donors (Lipinski definition) is 1. The maximum atomic E-state index is 15.2. The van der Waals surface area contributed by atoms with Gasteiger partial charge >= 0.3 is 6.18 Å². The van der Waals surface area contributed by atoms with Crippen molar-refractivity contribution < 1.29 is 32.0 Å². The summed E-state index contributed by atoms with van der Waals surface area (Å²) < 4.78 is 62.1. The van der Waals surface area contributed by atoms with Crippen molar-refractivity contribution >= 4 is 27.6 Å². The van der Waals surface area contributed by atoms with Gasteiger partial charge in [-0.15, -0.1) is 9.60 Å². The molecule has 1 heterocycles. The second kappa shape index (κ2) is 9.53. The fourth-order valence-electron chi connectivity index (χ4n) is 3.17. The molecule has 1 amide bonds. The Balaban J connectivity index is 2.33. The Morgan fingerprint density at radius 3 is 2.34 bits per heavy atom. The van der Waals surface area contributed by atoms with Crippen LogP contribution in [-0.4, -0.2) is 47.8 Å². The van der Waals surface area contributed by atoms with Crippen LogP contribution in [0.1, 0.15) is 38.8 Å². The number of hydrogen-bond acceptors (Lipinski definition) is 4. The molecule has 5 nitrogen and oxygen atoms in total. The molecular weight excluding hydrogens is 460 g/mol. The van der Waals surface area contributed by atoms with Crippen molar-refractivity contribution in [2.24, 2.45) is 5.92 Å². The molecule has 1 N–H and O–H groups in total. The van der Waals surface area contributed by atoms with E-state index in [-0.39, 0.29) is 24.5 Å². The molecule has 2 rings (SSSR count). The van der Waals surface area contributed by atoms with Gasteiger partial charge < -0.3 is 10.1 Å². The third-order valence-electron chi connectivity index (χ3n) is 4.64. The SMILES string of the molecule is CC(C)C[C@@H](C(=O)N[C@@H]1C(=O)CO[C@@H]1C)N(F)[C@@H](c1ccc(Br)cc1)C(F)(F)F. The van der Waals surface area contributed by atoms with E-state index in [2.05, 4.69) is 21.2 Å². The van der Waals surface area contributed by atoms with Crippen molar-refractivity contribution in [3.05, 3.63) is 34.3 Å². The summed E-state index contributed by atoms with van der Waals surface area (Å²) in [5, 5.41) is 1.91. The lowest BCUT2D eigenvalue weighted by molar-refractivity contribution is -0.234. The number of nitrogens with one attached hydrogen (secondary N) is 1. The second-order valence-corrected chi connectivity index (χ2v) is 8.37. The highest BCUT2D eigenvalue weighted by atomic mass is 79.9. The summed E-state index contributed by atoms with van der Waals surface area (Å²) in [6, 6.07) is -0.331. The van der Waals surface area contributed by atoms with Crippen molar-refractivity contribution in [2.45, 2.75) is 57.6 Å². The molecule has 1 aromatic carbocycles. The maximum absolute atomic E-state index is 15.2. The maximum Gasteiger partial charge on any atom is 0.410 e. The first kappa shape index (κ1) is 23.8. The molecule has 1 aliphatic rings. The van der Waals surface area contributed by atoms with Crippen molar-refractivity contribution in [2.75, 3.05) is 6.61 Å². The Hall–Kier alpha value is -1.52. The second-order valence-electron chi connectivity index (χ2n) is 7.45. The predicted molar refractivity (Wildman–Crippen MR) is 101 cm³/mol. The molecular formula is C19H23BrF4N2O3. The number of carbonyl (C=O) groups is 2. The minimum Gasteiger partial charge on any atom is -0.368 e. The largest absolute Gasteiger partial charge is 0.410 e. The average Bonchev–Trinajstić information content (AvgIpc) is 2.92. The third kappa shape index (κ3) is 5.99. The molecule has 0 saturated carbocycles. The molecule has 0 unspecified atom stereocenters. The minimum atomic E-state index is -4.96. The lowest BCUT2D eigenvalue weighted by Gasteiger charge is -2.33. The highest BCUT2D eigenvalue weighted by molar-refractivity contribution is 9.10. The molecule has 0 aliphatic carbocycles. The van der Waals surface area contributed by atoms with Gasteiger partial charge in [0.25, 0.3) is 0 Å². The summed E-state index contributed by atoms with van der Waals surface area (Å²) in [6.07, 6.45) is -5.76. The number of ether oxygens (including phenoxy) is 1. The number of rotatable bonds is 7. The molecule has 4 atom stereocenters. The first-order chi connectivity index (χ1) is 13.4. The molecule has 0 bridgehead atoms. The zero-order chi connectivity index (χ0) is 21.9. The van der Waals surface area contributed by atoms with Crippen LogP contribution in [0.15, 0.2) is 28.7 Å². The number of amides is 1. The van der Waals surface area contributed by atoms with Crippen LogP contribution in [0.4, 0.5) is 17.7 Å². The number of halogens is 5. The molecule has 1 aliphatic heterocycles. The Morgan fingerprint density at radius 2 is 1.90 bits per heavy atom. The quantitative estimate of drug-likeness (QED) is 0.468. The predicted octanol–water partition coefficient (Wildman–Crippen LogP) is 4.13. The lowest BCUT2D eigenvalue weighted by Crippen LogP contribution is -2.53. The molecule has 10 heteroatoms. The number of ketones is 1. The lowest BCUT2D eigenvalue weighted by atomic mass is 9.98. The van der Waals surface area contributed by atoms with E-state index in [0.29, 0.717) is 4.47 Å². The summed E-state index contributed by atoms with van der Waals surface area (Å²) in [6.45, 7) is 4.69. The van der Waals surface area contributed by atoms with Crippen LogP contribution in [0, 0.1) is 5.92 Å². The monoisotopic (exact) mass is 482 g/mol. The minimum absolute atomic E-state index is 0.165. The molecule has 0 aromatic heterocycles. The van der Waals surface area contributed by atoms with E-state index in [1.54, 1.807) is 20.8 Å². The molecule has 1 saturated heterocycles. The summed E-state index contributed by atoms with van der Waals surface area (Å²) in [4.78, 5) is 24.6. The van der Waals surface area contributed by atoms with E-state index in [1.807, 2.05) is 0 Å². The van der Waals surface area contributed by atoms with Crippen LogP contribution < -0.4 is 5.32 Å². The highest BCUT2D eigenvalue weighted by Gasteiger charge is 2.50. The number of alkyl halides is 3. The smallest absolute Gasteiger partial charge is 0.368 e. The standard InChI is InChI=1S/C19H23BrF4N2O3/c1-10(2)8-14(18(28)25-16-11(3)29-9-15(16)27)26(24)17(19(21,22)23)12-4-6-13(20)7-5-12/h4-7,10-11,14,16-17H,8-9H2,1-3H3,(H,25,28)/t11-,14+,16+,17+/m1/s1. The zero-order valence-corrected chi connectivity index (χ0v) is 17.8. The fraction of sp³-hybridized carbons (Fsp3) is 0.579. The number of nitrogens with zero attached hydrogens (tertiary/aromatic N) is 1. The normalized spacial score (nSPS) is 22.2. The van der Waals surface area contributed by atoms with Gasteiger partial charge in [0.1, 0.15) is 18.7 Å². The molecule has 29 heavy (non-hydrogen) atoms. The van der Waals surface area contributed by atoms with E-state index in [9.17, 15) is 22.8 Å². The Labute approximate surface area is 174 Å². The Bertz CT molecular complexity index is 727. The van der Waals surface area contributed by atoms with E-state index in [0.717, 1.165) is 12.1 Å². The summed E-state index contributed by atoms with van der Waals surface area (Å²) in [5.41, 5.74) is -0.335. The van der Waals surface area contributed by atoms with Crippen molar-refractivity contribution in [3.8, 4) is 0 Å². The highest BCUT2D eigenvalue weighted by Crippen LogP contribution is 2.40. The van der Waals surface area contributed by atoms with Gasteiger partial charge in [0.05, 0.1) is 6.10 Å². The van der Waals surface area contributed by atoms with Crippen molar-refractivity contribution in [1.29, 1.82) is 0 Å². The molecule has 0 spiro atoms. The van der Waals surface area contributed by atoms with E-state index in [1.165, 1.54) is 12.1 Å². The van der Waals surface area contributed by atoms with Gasteiger partial charge in [-0.3, -0.25) is 9.59 Å². The van der Waals surface area contributed by atoms with Gasteiger partial charge in [0.15, 0.2) is 11.8 Å². The zero-order valence-electron chi connectivity index (χ0n) is 16.2. The number of benzene rings is 1. The first-order valence-electron chi connectivity index (χ1n) is 9.12. The third-order valence-corrected chi connectivity index (χ3v) is 5.17. The van der Waals surface area contributed by atoms with Gasteiger partial charge in [0.2, 0.25) is 5.91 Å². The topological polar surface area (TPSA) is 58.6 Å². The van der Waals surface area contributed by atoms with E-state index in [4.69, 9.17) is 4.74 Å². The molecule has 1 aromatic rings. The van der Waals surface area contributed by atoms with Gasteiger partial charge in [-0.1, -0.05) is 41.9 Å². The van der Waals surface area contributed by atoms with Crippen LogP contribution in [0.2, 0.25) is 0 Å². The molecule has 162 valence electrons. The van der Waals surface area contributed by atoms with Crippen LogP contribution >= 0.6 is 15.9 Å². The van der Waals surface area contributed by atoms with Crippen LogP contribution in [0.25, 0.3) is 0 Å².